The molecule has 1 saturated carbocycles. The number of hydrogen-bond donors (Lipinski definition) is 1. The van der Waals surface area contributed by atoms with Gasteiger partial charge in [-0.2, -0.15) is 4.39 Å². The highest BCUT2D eigenvalue weighted by molar-refractivity contribution is 5.15. The predicted octanol–water partition coefficient (Wildman–Crippen LogP) is 1.09. The van der Waals surface area contributed by atoms with Gasteiger partial charge < -0.3 is 5.11 Å². The first-order valence-electron chi connectivity index (χ1n) is 7.33. The van der Waals surface area contributed by atoms with Crippen molar-refractivity contribution in [1.82, 2.24) is 9.13 Å². The smallest absolute Gasteiger partial charge is 0.331 e. The van der Waals surface area contributed by atoms with Gasteiger partial charge in [0, 0.05) is 12.5 Å². The summed E-state index contributed by atoms with van der Waals surface area (Å²) in [5.41, 5.74) is -1.10. The van der Waals surface area contributed by atoms with Crippen LogP contribution in [0.1, 0.15) is 18.0 Å². The number of alkyl halides is 1. The topological polar surface area (TPSA) is 64.2 Å². The normalized spacial score (nSPS) is 23.5. The maximum absolute atomic E-state index is 14.0. The van der Waals surface area contributed by atoms with Gasteiger partial charge in [-0.3, -0.25) is 13.9 Å². The van der Waals surface area contributed by atoms with Crippen molar-refractivity contribution in [3.05, 3.63) is 68.7 Å². The number of halogens is 2. The quantitative estimate of drug-likeness (QED) is 0.916. The van der Waals surface area contributed by atoms with Crippen molar-refractivity contribution < 1.29 is 13.9 Å². The van der Waals surface area contributed by atoms with Crippen LogP contribution >= 0.6 is 0 Å². The molecule has 1 heterocycles. The minimum atomic E-state index is -1.43. The molecule has 1 aromatic heterocycles. The van der Waals surface area contributed by atoms with E-state index in [0.717, 1.165) is 15.3 Å². The first-order chi connectivity index (χ1) is 11.0. The summed E-state index contributed by atoms with van der Waals surface area (Å²) in [6.45, 7) is -0.401. The molecule has 0 radical (unpaired) electrons. The van der Waals surface area contributed by atoms with E-state index in [9.17, 15) is 18.4 Å². The van der Waals surface area contributed by atoms with Gasteiger partial charge in [-0.1, -0.05) is 30.3 Å². The van der Waals surface area contributed by atoms with Crippen LogP contribution in [0.4, 0.5) is 8.78 Å². The number of aliphatic hydroxyl groups excluding tert-OH is 1. The van der Waals surface area contributed by atoms with Crippen LogP contribution in [0, 0.1) is 11.7 Å². The van der Waals surface area contributed by atoms with Gasteiger partial charge in [-0.05, 0) is 12.0 Å². The zero-order valence-electron chi connectivity index (χ0n) is 12.2. The van der Waals surface area contributed by atoms with Crippen LogP contribution < -0.4 is 11.2 Å². The summed E-state index contributed by atoms with van der Waals surface area (Å²) >= 11 is 0. The second-order valence-corrected chi connectivity index (χ2v) is 5.73. The molecule has 0 bridgehead atoms. The maximum Gasteiger partial charge on any atom is 0.331 e. The van der Waals surface area contributed by atoms with Crippen molar-refractivity contribution in [1.29, 1.82) is 0 Å². The Morgan fingerprint density at radius 1 is 1.22 bits per heavy atom. The number of nitrogens with zero attached hydrogens (tertiary/aromatic N) is 2. The summed E-state index contributed by atoms with van der Waals surface area (Å²) in [7, 11) is 0. The molecule has 3 rings (SSSR count). The molecule has 5 nitrogen and oxygen atoms in total. The van der Waals surface area contributed by atoms with Gasteiger partial charge in [0.25, 0.3) is 5.56 Å². The lowest BCUT2D eigenvalue weighted by molar-refractivity contribution is -0.00140. The maximum atomic E-state index is 14.0. The lowest BCUT2D eigenvalue weighted by Crippen LogP contribution is -2.50. The first-order valence-corrected chi connectivity index (χ1v) is 7.33. The highest BCUT2D eigenvalue weighted by atomic mass is 19.1. The van der Waals surface area contributed by atoms with Crippen molar-refractivity contribution in [2.24, 2.45) is 5.92 Å². The third kappa shape index (κ3) is 2.72. The first kappa shape index (κ1) is 15.6. The molecule has 0 saturated heterocycles. The van der Waals surface area contributed by atoms with E-state index in [4.69, 9.17) is 5.11 Å². The van der Waals surface area contributed by atoms with Gasteiger partial charge in [0.15, 0.2) is 0 Å². The van der Waals surface area contributed by atoms with Gasteiger partial charge in [0.05, 0.1) is 18.8 Å². The second-order valence-electron chi connectivity index (χ2n) is 5.73. The van der Waals surface area contributed by atoms with E-state index in [1.165, 1.54) is 0 Å². The van der Waals surface area contributed by atoms with Gasteiger partial charge in [0.1, 0.15) is 6.17 Å². The lowest BCUT2D eigenvalue weighted by Gasteiger charge is -2.39. The highest BCUT2D eigenvalue weighted by Crippen LogP contribution is 2.39. The van der Waals surface area contributed by atoms with Crippen LogP contribution in [0.15, 0.2) is 46.1 Å². The van der Waals surface area contributed by atoms with E-state index in [-0.39, 0.29) is 19.6 Å². The highest BCUT2D eigenvalue weighted by Gasteiger charge is 2.43. The molecule has 0 unspecified atom stereocenters. The molecule has 1 aliphatic carbocycles. The van der Waals surface area contributed by atoms with Crippen molar-refractivity contribution >= 4 is 0 Å². The summed E-state index contributed by atoms with van der Waals surface area (Å²) in [4.78, 5) is 24.4. The van der Waals surface area contributed by atoms with E-state index in [1.54, 1.807) is 30.3 Å². The monoisotopic (exact) mass is 322 g/mol. The fraction of sp³-hybridized carbons (Fsp3) is 0.375. The Labute approximate surface area is 130 Å². The van der Waals surface area contributed by atoms with E-state index in [0.29, 0.717) is 5.56 Å². The molecule has 1 aromatic carbocycles. The van der Waals surface area contributed by atoms with Crippen LogP contribution in [-0.2, 0) is 6.54 Å². The Bertz CT molecular complexity index is 816. The molecule has 1 fully saturated rings. The zero-order chi connectivity index (χ0) is 16.6. The summed E-state index contributed by atoms with van der Waals surface area (Å²) in [5.74, 6) is -1.65. The zero-order valence-corrected chi connectivity index (χ0v) is 12.2. The Morgan fingerprint density at radius 3 is 2.52 bits per heavy atom. The van der Waals surface area contributed by atoms with Crippen LogP contribution in [-0.4, -0.2) is 27.0 Å². The molecule has 0 aliphatic heterocycles. The number of rotatable bonds is 4. The van der Waals surface area contributed by atoms with Gasteiger partial charge in [0.2, 0.25) is 5.82 Å². The molecular formula is C16H16F2N2O3. The predicted molar refractivity (Wildman–Crippen MR) is 79.6 cm³/mol. The number of benzene rings is 1. The third-order valence-electron chi connectivity index (χ3n) is 4.29. The molecular weight excluding hydrogens is 306 g/mol. The molecule has 23 heavy (non-hydrogen) atoms. The van der Waals surface area contributed by atoms with Gasteiger partial charge in [-0.25, -0.2) is 9.18 Å². The minimum Gasteiger partial charge on any atom is -0.396 e. The Kier molecular flexibility index (Phi) is 4.12. The Balaban J connectivity index is 2.01. The molecule has 0 spiro atoms. The van der Waals surface area contributed by atoms with Crippen LogP contribution in [0.2, 0.25) is 0 Å². The number of aliphatic hydroxyl groups is 1. The SMILES string of the molecule is O=c1c(F)cn([C@H]2C[C@H](CO)[C@H]2F)c(=O)n1Cc1ccccc1. The van der Waals surface area contributed by atoms with Gasteiger partial charge >= 0.3 is 5.69 Å². The number of aromatic nitrogens is 2. The van der Waals surface area contributed by atoms with Crippen molar-refractivity contribution in [2.45, 2.75) is 25.2 Å². The summed E-state index contributed by atoms with van der Waals surface area (Å²) in [5, 5.41) is 8.98. The lowest BCUT2D eigenvalue weighted by atomic mass is 9.78. The molecule has 1 aliphatic rings. The minimum absolute atomic E-state index is 0.0800. The van der Waals surface area contributed by atoms with E-state index in [1.807, 2.05) is 0 Å². The largest absolute Gasteiger partial charge is 0.396 e. The molecule has 1 N–H and O–H groups in total. The summed E-state index contributed by atoms with van der Waals surface area (Å²) in [6, 6.07) is 7.85. The summed E-state index contributed by atoms with van der Waals surface area (Å²) < 4.78 is 29.6. The third-order valence-corrected chi connectivity index (χ3v) is 4.29. The second kappa shape index (κ2) is 6.08. The molecule has 0 amide bonds. The molecule has 2 aromatic rings. The fourth-order valence-corrected chi connectivity index (χ4v) is 2.86. The average Bonchev–Trinajstić information content (AvgIpc) is 2.56. The number of hydrogen-bond acceptors (Lipinski definition) is 3. The van der Waals surface area contributed by atoms with Crippen molar-refractivity contribution in [3.8, 4) is 0 Å². The Morgan fingerprint density at radius 2 is 1.91 bits per heavy atom. The van der Waals surface area contributed by atoms with Crippen LogP contribution in [0.25, 0.3) is 0 Å². The van der Waals surface area contributed by atoms with E-state index in [2.05, 4.69) is 0 Å². The molecule has 7 heteroatoms. The molecule has 122 valence electrons. The molecule has 3 atom stereocenters. The Hall–Kier alpha value is -2.28. The standard InChI is InChI=1S/C16H16F2N2O3/c17-12-8-19(13-6-11(9-21)14(13)18)16(23)20(15(12)22)7-10-4-2-1-3-5-10/h1-5,8,11,13-14,21H,6-7,9H2/t11-,13+,14-/m1/s1. The summed E-state index contributed by atoms with van der Waals surface area (Å²) in [6.07, 6.45) is -0.433. The van der Waals surface area contributed by atoms with E-state index >= 15 is 0 Å². The van der Waals surface area contributed by atoms with Crippen LogP contribution in [0.3, 0.4) is 0 Å². The van der Waals surface area contributed by atoms with Crippen molar-refractivity contribution in [2.75, 3.05) is 6.61 Å². The van der Waals surface area contributed by atoms with Crippen molar-refractivity contribution in [3.63, 3.8) is 0 Å². The van der Waals surface area contributed by atoms with E-state index < -0.39 is 35.2 Å². The fourth-order valence-electron chi connectivity index (χ4n) is 2.86. The average molecular weight is 322 g/mol. The van der Waals surface area contributed by atoms with Crippen LogP contribution in [0.5, 0.6) is 0 Å². The van der Waals surface area contributed by atoms with Gasteiger partial charge in [-0.15, -0.1) is 0 Å².